The van der Waals surface area contributed by atoms with Crippen molar-refractivity contribution in [3.05, 3.63) is 22.7 Å². The van der Waals surface area contributed by atoms with E-state index >= 15 is 0 Å². The maximum Gasteiger partial charge on any atom is -0.00860 e. The van der Waals surface area contributed by atoms with Crippen LogP contribution in [-0.2, 0) is 0 Å². The molecular weight excluding hydrogens is 176 g/mol. The summed E-state index contributed by atoms with van der Waals surface area (Å²) in [6.45, 7) is 0. The molecule has 0 N–H and O–H groups in total. The molecule has 1 rings (SSSR count). The van der Waals surface area contributed by atoms with Gasteiger partial charge in [0.25, 0.3) is 0 Å². The second kappa shape index (κ2) is 3.89. The number of allylic oxidation sites excluding steroid dienone is 4. The van der Waals surface area contributed by atoms with E-state index in [4.69, 9.17) is 0 Å². The predicted molar refractivity (Wildman–Crippen MR) is 44.6 cm³/mol. The Balaban J connectivity index is 2.41. The third-order valence-corrected chi connectivity index (χ3v) is 2.14. The Bertz CT molecular complexity index is 134. The van der Waals surface area contributed by atoms with Crippen molar-refractivity contribution in [2.75, 3.05) is 0 Å². The summed E-state index contributed by atoms with van der Waals surface area (Å²) >= 11 is 3.50. The Morgan fingerprint density at radius 3 is 2.78 bits per heavy atom. The van der Waals surface area contributed by atoms with Crippen molar-refractivity contribution in [2.45, 2.75) is 25.7 Å². The fraction of sp³-hybridized carbons (Fsp3) is 0.500. The highest BCUT2D eigenvalue weighted by Crippen LogP contribution is 2.16. The largest absolute Gasteiger partial charge is 0.0882 e. The molecule has 0 bridgehead atoms. The van der Waals surface area contributed by atoms with Crippen LogP contribution in [0.5, 0.6) is 0 Å². The molecule has 50 valence electrons. The standard InChI is InChI=1S/C8H11Br/c9-8-6-4-2-1-3-5-7-8/h1-2,7H,3-6H2. The first-order valence-corrected chi connectivity index (χ1v) is 4.18. The zero-order chi connectivity index (χ0) is 6.53. The Kier molecular flexibility index (Phi) is 3.05. The SMILES string of the molecule is BrC1=CCCC=CCC1. The highest BCUT2D eigenvalue weighted by atomic mass is 79.9. The van der Waals surface area contributed by atoms with Crippen LogP contribution in [0.15, 0.2) is 22.7 Å². The maximum absolute atomic E-state index is 3.50. The number of rotatable bonds is 0. The Morgan fingerprint density at radius 1 is 1.11 bits per heavy atom. The van der Waals surface area contributed by atoms with Crippen molar-refractivity contribution in [1.82, 2.24) is 0 Å². The van der Waals surface area contributed by atoms with E-state index in [1.165, 1.54) is 30.2 Å². The van der Waals surface area contributed by atoms with Crippen LogP contribution < -0.4 is 0 Å². The molecule has 0 saturated carbocycles. The molecular formula is C8H11Br. The van der Waals surface area contributed by atoms with Crippen LogP contribution in [0.4, 0.5) is 0 Å². The fourth-order valence-corrected chi connectivity index (χ4v) is 1.35. The maximum atomic E-state index is 3.50. The molecule has 0 aliphatic heterocycles. The van der Waals surface area contributed by atoms with Gasteiger partial charge in [-0.3, -0.25) is 0 Å². The van der Waals surface area contributed by atoms with E-state index in [1.54, 1.807) is 0 Å². The Labute approximate surface area is 64.8 Å². The van der Waals surface area contributed by atoms with Crippen molar-refractivity contribution in [1.29, 1.82) is 0 Å². The number of halogens is 1. The first kappa shape index (κ1) is 7.07. The predicted octanol–water partition coefficient (Wildman–Crippen LogP) is 3.40. The van der Waals surface area contributed by atoms with Gasteiger partial charge in [0.2, 0.25) is 0 Å². The van der Waals surface area contributed by atoms with Gasteiger partial charge in [0.15, 0.2) is 0 Å². The highest BCUT2D eigenvalue weighted by molar-refractivity contribution is 9.11. The Morgan fingerprint density at radius 2 is 1.89 bits per heavy atom. The first-order chi connectivity index (χ1) is 4.39. The summed E-state index contributed by atoms with van der Waals surface area (Å²) in [6, 6.07) is 0. The molecule has 0 heterocycles. The van der Waals surface area contributed by atoms with Crippen LogP contribution in [0.25, 0.3) is 0 Å². The van der Waals surface area contributed by atoms with E-state index in [0.717, 1.165) is 0 Å². The summed E-state index contributed by atoms with van der Waals surface area (Å²) in [7, 11) is 0. The van der Waals surface area contributed by atoms with E-state index in [9.17, 15) is 0 Å². The molecule has 9 heavy (non-hydrogen) atoms. The molecule has 1 aliphatic rings. The average Bonchev–Trinajstić information content (AvgIpc) is 1.79. The van der Waals surface area contributed by atoms with E-state index in [2.05, 4.69) is 34.2 Å². The van der Waals surface area contributed by atoms with Gasteiger partial charge >= 0.3 is 0 Å². The van der Waals surface area contributed by atoms with Crippen LogP contribution in [0, 0.1) is 0 Å². The van der Waals surface area contributed by atoms with Crippen molar-refractivity contribution in [3.8, 4) is 0 Å². The van der Waals surface area contributed by atoms with Crippen molar-refractivity contribution < 1.29 is 0 Å². The van der Waals surface area contributed by atoms with Gasteiger partial charge in [-0.1, -0.05) is 34.2 Å². The minimum Gasteiger partial charge on any atom is -0.0882 e. The molecule has 0 aromatic carbocycles. The van der Waals surface area contributed by atoms with Gasteiger partial charge in [-0.05, 0) is 30.2 Å². The summed E-state index contributed by atoms with van der Waals surface area (Å²) in [5.41, 5.74) is 0. The van der Waals surface area contributed by atoms with Crippen LogP contribution in [-0.4, -0.2) is 0 Å². The molecule has 0 amide bonds. The summed E-state index contributed by atoms with van der Waals surface area (Å²) in [4.78, 5) is 0. The lowest BCUT2D eigenvalue weighted by Gasteiger charge is -1.98. The van der Waals surface area contributed by atoms with Crippen LogP contribution in [0.2, 0.25) is 0 Å². The van der Waals surface area contributed by atoms with Crippen LogP contribution in [0.3, 0.4) is 0 Å². The molecule has 0 fully saturated rings. The fourth-order valence-electron chi connectivity index (χ4n) is 0.895. The zero-order valence-electron chi connectivity index (χ0n) is 5.44. The quantitative estimate of drug-likeness (QED) is 0.510. The molecule has 0 nitrogen and oxygen atoms in total. The Hall–Kier alpha value is -0.0400. The molecule has 0 aromatic heterocycles. The molecule has 0 saturated heterocycles. The average molecular weight is 187 g/mol. The topological polar surface area (TPSA) is 0 Å². The lowest BCUT2D eigenvalue weighted by molar-refractivity contribution is 0.954. The van der Waals surface area contributed by atoms with Gasteiger partial charge in [-0.2, -0.15) is 0 Å². The van der Waals surface area contributed by atoms with E-state index in [-0.39, 0.29) is 0 Å². The smallest absolute Gasteiger partial charge is 0.00860 e. The molecule has 0 aromatic rings. The van der Waals surface area contributed by atoms with E-state index in [0.29, 0.717) is 0 Å². The van der Waals surface area contributed by atoms with Gasteiger partial charge in [0.1, 0.15) is 0 Å². The first-order valence-electron chi connectivity index (χ1n) is 3.39. The van der Waals surface area contributed by atoms with Gasteiger partial charge in [-0.25, -0.2) is 0 Å². The summed E-state index contributed by atoms with van der Waals surface area (Å²) < 4.78 is 1.37. The highest BCUT2D eigenvalue weighted by Gasteiger charge is 1.91. The molecule has 0 spiro atoms. The van der Waals surface area contributed by atoms with Crippen molar-refractivity contribution >= 4 is 15.9 Å². The second-order valence-electron chi connectivity index (χ2n) is 2.24. The van der Waals surface area contributed by atoms with E-state index in [1.807, 2.05) is 0 Å². The number of hydrogen-bond acceptors (Lipinski definition) is 0. The lowest BCUT2D eigenvalue weighted by Crippen LogP contribution is -1.77. The van der Waals surface area contributed by atoms with Crippen LogP contribution in [0.1, 0.15) is 25.7 Å². The number of hydrogen-bond donors (Lipinski definition) is 0. The van der Waals surface area contributed by atoms with Gasteiger partial charge < -0.3 is 0 Å². The summed E-state index contributed by atoms with van der Waals surface area (Å²) in [6.07, 6.45) is 11.5. The van der Waals surface area contributed by atoms with Gasteiger partial charge in [0, 0.05) is 0 Å². The van der Waals surface area contributed by atoms with Gasteiger partial charge in [-0.15, -0.1) is 0 Å². The van der Waals surface area contributed by atoms with Crippen LogP contribution >= 0.6 is 15.9 Å². The molecule has 0 atom stereocenters. The van der Waals surface area contributed by atoms with Crippen molar-refractivity contribution in [2.24, 2.45) is 0 Å². The normalized spacial score (nSPS) is 20.3. The molecule has 0 unspecified atom stereocenters. The van der Waals surface area contributed by atoms with Crippen molar-refractivity contribution in [3.63, 3.8) is 0 Å². The molecule has 1 aliphatic carbocycles. The minimum atomic E-state index is 1.18. The molecule has 1 heteroatoms. The third-order valence-electron chi connectivity index (χ3n) is 1.42. The second-order valence-corrected chi connectivity index (χ2v) is 3.26. The molecule has 0 radical (unpaired) electrons. The minimum absolute atomic E-state index is 1.18. The monoisotopic (exact) mass is 186 g/mol. The zero-order valence-corrected chi connectivity index (χ0v) is 7.02. The van der Waals surface area contributed by atoms with Gasteiger partial charge in [0.05, 0.1) is 0 Å². The van der Waals surface area contributed by atoms with E-state index < -0.39 is 0 Å². The third kappa shape index (κ3) is 2.85. The summed E-state index contributed by atoms with van der Waals surface area (Å²) in [5, 5.41) is 0. The summed E-state index contributed by atoms with van der Waals surface area (Å²) in [5.74, 6) is 0. The lowest BCUT2D eigenvalue weighted by atomic mass is 10.1.